The summed E-state index contributed by atoms with van der Waals surface area (Å²) in [5.74, 6) is 0.948. The van der Waals surface area contributed by atoms with E-state index in [0.29, 0.717) is 12.6 Å². The predicted octanol–water partition coefficient (Wildman–Crippen LogP) is 2.66. The lowest BCUT2D eigenvalue weighted by atomic mass is 10.1. The number of carbonyl (C=O) groups excluding carboxylic acids is 1. The van der Waals surface area contributed by atoms with Crippen LogP contribution < -0.4 is 10.6 Å². The van der Waals surface area contributed by atoms with E-state index in [1.165, 1.54) is 25.7 Å². The molecule has 1 aromatic rings. The molecule has 1 aromatic heterocycles. The monoisotopic (exact) mass is 291 g/mol. The van der Waals surface area contributed by atoms with Gasteiger partial charge in [-0.25, -0.2) is 4.79 Å². The number of rotatable bonds is 5. The maximum absolute atomic E-state index is 11.8. The summed E-state index contributed by atoms with van der Waals surface area (Å²) >= 11 is 0. The summed E-state index contributed by atoms with van der Waals surface area (Å²) in [4.78, 5) is 14.3. The molecule has 3 rings (SSSR count). The fraction of sp³-hybridized carbons (Fsp3) is 0.688. The van der Waals surface area contributed by atoms with Gasteiger partial charge in [0.05, 0.1) is 12.3 Å². The number of hydrogen-bond acceptors (Lipinski definition) is 3. The van der Waals surface area contributed by atoms with E-state index in [-0.39, 0.29) is 12.1 Å². The smallest absolute Gasteiger partial charge is 0.315 e. The molecule has 1 unspecified atom stereocenters. The predicted molar refractivity (Wildman–Crippen MR) is 81.0 cm³/mol. The van der Waals surface area contributed by atoms with Crippen molar-refractivity contribution in [3.05, 3.63) is 24.2 Å². The highest BCUT2D eigenvalue weighted by atomic mass is 16.3. The number of furan rings is 1. The second kappa shape index (κ2) is 6.98. The minimum absolute atomic E-state index is 0.0520. The van der Waals surface area contributed by atoms with Gasteiger partial charge >= 0.3 is 6.03 Å². The van der Waals surface area contributed by atoms with E-state index in [9.17, 15) is 4.79 Å². The lowest BCUT2D eigenvalue weighted by molar-refractivity contribution is 0.175. The lowest BCUT2D eigenvalue weighted by Crippen LogP contribution is -2.43. The summed E-state index contributed by atoms with van der Waals surface area (Å²) in [7, 11) is 0. The van der Waals surface area contributed by atoms with Crippen molar-refractivity contribution >= 4 is 6.03 Å². The van der Waals surface area contributed by atoms with Crippen LogP contribution in [-0.2, 0) is 0 Å². The van der Waals surface area contributed by atoms with Crippen molar-refractivity contribution in [2.45, 2.75) is 50.6 Å². The zero-order valence-electron chi connectivity index (χ0n) is 12.5. The minimum Gasteiger partial charge on any atom is -0.468 e. The third-order valence-corrected chi connectivity index (χ3v) is 4.32. The number of likely N-dealkylation sites (tertiary alicyclic amines) is 1. The van der Waals surface area contributed by atoms with Crippen molar-refractivity contribution in [3.8, 4) is 0 Å². The molecular weight excluding hydrogens is 266 g/mol. The third-order valence-electron chi connectivity index (χ3n) is 4.32. The van der Waals surface area contributed by atoms with Crippen LogP contribution in [0.4, 0.5) is 4.79 Å². The summed E-state index contributed by atoms with van der Waals surface area (Å²) in [5.41, 5.74) is 0. The van der Waals surface area contributed by atoms with E-state index >= 15 is 0 Å². The van der Waals surface area contributed by atoms with E-state index in [1.54, 1.807) is 6.26 Å². The Balaban J connectivity index is 1.59. The SMILES string of the molecule is O=C(NCC(c1ccco1)N1CCCCCC1)NC1CC1. The first-order valence-corrected chi connectivity index (χ1v) is 8.15. The molecule has 116 valence electrons. The van der Waals surface area contributed by atoms with E-state index in [4.69, 9.17) is 4.42 Å². The molecule has 0 spiro atoms. The van der Waals surface area contributed by atoms with Crippen LogP contribution in [0.2, 0.25) is 0 Å². The van der Waals surface area contributed by atoms with Gasteiger partial charge in [0.1, 0.15) is 5.76 Å². The van der Waals surface area contributed by atoms with Gasteiger partial charge in [0.2, 0.25) is 0 Å². The highest BCUT2D eigenvalue weighted by molar-refractivity contribution is 5.74. The van der Waals surface area contributed by atoms with Crippen LogP contribution in [0.25, 0.3) is 0 Å². The van der Waals surface area contributed by atoms with Crippen molar-refractivity contribution in [3.63, 3.8) is 0 Å². The molecule has 0 aromatic carbocycles. The second-order valence-electron chi connectivity index (χ2n) is 6.11. The molecule has 21 heavy (non-hydrogen) atoms. The van der Waals surface area contributed by atoms with Gasteiger partial charge in [-0.15, -0.1) is 0 Å². The van der Waals surface area contributed by atoms with Gasteiger partial charge in [0.15, 0.2) is 0 Å². The molecule has 1 saturated heterocycles. The van der Waals surface area contributed by atoms with Crippen LogP contribution in [0, 0.1) is 0 Å². The molecule has 5 heteroatoms. The number of urea groups is 1. The highest BCUT2D eigenvalue weighted by Gasteiger charge is 2.26. The fourth-order valence-corrected chi connectivity index (χ4v) is 2.95. The standard InChI is InChI=1S/C16H25N3O2/c20-16(18-13-7-8-13)17-12-14(15-6-5-11-21-15)19-9-3-1-2-4-10-19/h5-6,11,13-14H,1-4,7-10,12H2,(H2,17,18,20). The van der Waals surface area contributed by atoms with Crippen molar-refractivity contribution in [1.82, 2.24) is 15.5 Å². The Morgan fingerprint density at radius 2 is 2.05 bits per heavy atom. The van der Waals surface area contributed by atoms with Crippen molar-refractivity contribution in [1.29, 1.82) is 0 Å². The number of nitrogens with zero attached hydrogens (tertiary/aromatic N) is 1. The quantitative estimate of drug-likeness (QED) is 0.877. The lowest BCUT2D eigenvalue weighted by Gasteiger charge is -2.29. The molecule has 0 radical (unpaired) electrons. The van der Waals surface area contributed by atoms with Gasteiger partial charge in [-0.2, -0.15) is 0 Å². The number of amides is 2. The van der Waals surface area contributed by atoms with Crippen LogP contribution in [-0.4, -0.2) is 36.6 Å². The highest BCUT2D eigenvalue weighted by Crippen LogP contribution is 2.24. The molecule has 1 saturated carbocycles. The number of carbonyl (C=O) groups is 1. The topological polar surface area (TPSA) is 57.5 Å². The van der Waals surface area contributed by atoms with Gasteiger partial charge in [0.25, 0.3) is 0 Å². The molecule has 1 aliphatic heterocycles. The summed E-state index contributed by atoms with van der Waals surface area (Å²) < 4.78 is 5.60. The molecule has 2 aliphatic rings. The first kappa shape index (κ1) is 14.4. The van der Waals surface area contributed by atoms with Gasteiger partial charge in [-0.05, 0) is 50.9 Å². The Morgan fingerprint density at radius 1 is 1.29 bits per heavy atom. The summed E-state index contributed by atoms with van der Waals surface area (Å²) in [6.45, 7) is 2.76. The van der Waals surface area contributed by atoms with Gasteiger partial charge in [-0.3, -0.25) is 4.90 Å². The van der Waals surface area contributed by atoms with E-state index in [2.05, 4.69) is 15.5 Å². The van der Waals surface area contributed by atoms with Crippen molar-refractivity contribution in [2.75, 3.05) is 19.6 Å². The molecule has 2 amide bonds. The molecule has 1 atom stereocenters. The average Bonchev–Trinajstić information content (AvgIpc) is 3.20. The minimum atomic E-state index is -0.0520. The first-order valence-electron chi connectivity index (χ1n) is 8.15. The van der Waals surface area contributed by atoms with E-state index in [0.717, 1.165) is 31.7 Å². The Labute approximate surface area is 126 Å². The summed E-state index contributed by atoms with van der Waals surface area (Å²) in [6.07, 6.45) is 9.00. The van der Waals surface area contributed by atoms with Gasteiger partial charge in [-0.1, -0.05) is 12.8 Å². The zero-order valence-corrected chi connectivity index (χ0v) is 12.5. The molecular formula is C16H25N3O2. The van der Waals surface area contributed by atoms with Crippen molar-refractivity contribution < 1.29 is 9.21 Å². The Morgan fingerprint density at radius 3 is 2.67 bits per heavy atom. The van der Waals surface area contributed by atoms with Gasteiger partial charge < -0.3 is 15.1 Å². The third kappa shape index (κ3) is 4.24. The van der Waals surface area contributed by atoms with Crippen LogP contribution in [0.1, 0.15) is 50.3 Å². The molecule has 2 fully saturated rings. The maximum atomic E-state index is 11.8. The van der Waals surface area contributed by atoms with E-state index < -0.39 is 0 Å². The maximum Gasteiger partial charge on any atom is 0.315 e. The Hall–Kier alpha value is -1.49. The molecule has 2 heterocycles. The van der Waals surface area contributed by atoms with Crippen LogP contribution in [0.15, 0.2) is 22.8 Å². The number of nitrogens with one attached hydrogen (secondary N) is 2. The van der Waals surface area contributed by atoms with Gasteiger partial charge in [0, 0.05) is 12.6 Å². The molecule has 0 bridgehead atoms. The summed E-state index contributed by atoms with van der Waals surface area (Å²) in [6, 6.07) is 4.41. The fourth-order valence-electron chi connectivity index (χ4n) is 2.95. The van der Waals surface area contributed by atoms with Crippen LogP contribution >= 0.6 is 0 Å². The molecule has 1 aliphatic carbocycles. The largest absolute Gasteiger partial charge is 0.468 e. The average molecular weight is 291 g/mol. The second-order valence-corrected chi connectivity index (χ2v) is 6.11. The normalized spacial score (nSPS) is 21.5. The molecule has 2 N–H and O–H groups in total. The Bertz CT molecular complexity index is 434. The zero-order chi connectivity index (χ0) is 14.5. The number of hydrogen-bond donors (Lipinski definition) is 2. The van der Waals surface area contributed by atoms with Crippen molar-refractivity contribution in [2.24, 2.45) is 0 Å². The molecule has 5 nitrogen and oxygen atoms in total. The Kier molecular flexibility index (Phi) is 4.80. The van der Waals surface area contributed by atoms with Crippen LogP contribution in [0.5, 0.6) is 0 Å². The first-order chi connectivity index (χ1) is 10.3. The summed E-state index contributed by atoms with van der Waals surface area (Å²) in [5, 5.41) is 5.98. The van der Waals surface area contributed by atoms with E-state index in [1.807, 2.05) is 12.1 Å². The van der Waals surface area contributed by atoms with Crippen LogP contribution in [0.3, 0.4) is 0 Å².